The topological polar surface area (TPSA) is 67.9 Å². The van der Waals surface area contributed by atoms with Gasteiger partial charge >= 0.3 is 0 Å². The Kier molecular flexibility index (Phi) is 7.56. The Morgan fingerprint density at radius 3 is 2.53 bits per heavy atom. The number of piperidine rings is 1. The molecule has 1 N–H and O–H groups in total. The number of likely N-dealkylation sites (tertiary alicyclic amines) is 1. The monoisotopic (exact) mass is 462 g/mol. The zero-order valence-electron chi connectivity index (χ0n) is 20.1. The minimum atomic E-state index is -0.110. The first-order valence-electron chi connectivity index (χ1n) is 12.1. The number of rotatable bonds is 3. The van der Waals surface area contributed by atoms with Crippen LogP contribution in [0.1, 0.15) is 49.0 Å². The largest absolute Gasteiger partial charge is 0.491 e. The molecule has 2 aromatic carbocycles. The number of para-hydroxylation sites is 1. The first kappa shape index (κ1) is 23.9. The summed E-state index contributed by atoms with van der Waals surface area (Å²) in [6.45, 7) is 5.91. The Hall–Kier alpha value is -3.28. The van der Waals surface area contributed by atoms with Gasteiger partial charge in [-0.15, -0.1) is 0 Å². The first-order valence-corrected chi connectivity index (χ1v) is 12.1. The van der Waals surface area contributed by atoms with Crippen LogP contribution in [0.3, 0.4) is 0 Å². The molecular formula is C28H34N2O4. The van der Waals surface area contributed by atoms with E-state index in [1.54, 1.807) is 0 Å². The summed E-state index contributed by atoms with van der Waals surface area (Å²) in [5.41, 5.74) is 1.69. The molecule has 2 amide bonds. The summed E-state index contributed by atoms with van der Waals surface area (Å²) in [7, 11) is 0. The maximum Gasteiger partial charge on any atom is 0.257 e. The van der Waals surface area contributed by atoms with Gasteiger partial charge < -0.3 is 19.7 Å². The molecule has 0 atom stereocenters. The number of ether oxygens (including phenoxy) is 2. The fourth-order valence-electron chi connectivity index (χ4n) is 4.61. The molecule has 34 heavy (non-hydrogen) atoms. The highest BCUT2D eigenvalue weighted by molar-refractivity contribution is 5.94. The summed E-state index contributed by atoms with van der Waals surface area (Å²) < 4.78 is 11.4. The molecule has 6 heteroatoms. The smallest absolute Gasteiger partial charge is 0.257 e. The van der Waals surface area contributed by atoms with Crippen LogP contribution in [0.5, 0.6) is 11.5 Å². The molecule has 2 heterocycles. The molecule has 6 nitrogen and oxygen atoms in total. The molecule has 2 aliphatic heterocycles. The van der Waals surface area contributed by atoms with Crippen LogP contribution >= 0.6 is 0 Å². The summed E-state index contributed by atoms with van der Waals surface area (Å²) in [6.07, 6.45) is 7.84. The predicted molar refractivity (Wildman–Crippen MR) is 132 cm³/mol. The summed E-state index contributed by atoms with van der Waals surface area (Å²) in [6, 6.07) is 15.2. The van der Waals surface area contributed by atoms with Gasteiger partial charge in [-0.05, 0) is 80.8 Å². The lowest BCUT2D eigenvalue weighted by Crippen LogP contribution is -2.48. The van der Waals surface area contributed by atoms with Crippen molar-refractivity contribution in [3.8, 4) is 11.5 Å². The van der Waals surface area contributed by atoms with Crippen molar-refractivity contribution in [1.82, 2.24) is 10.2 Å². The van der Waals surface area contributed by atoms with E-state index >= 15 is 0 Å². The standard InChI is InChI=1S/C28H34N2O4/c1-21(2)34-24-12-10-23(11-13-24)27(32)30-17-15-28(16-18-30)14-6-5-8-22-7-3-4-9-25(22)33-19-26(31)29-20-28/h3-7,9-13,21H,8,14-20H2,1-2H3,(H,29,31)/b6-5+. The lowest BCUT2D eigenvalue weighted by atomic mass is 9.75. The first-order chi connectivity index (χ1) is 16.4. The number of amides is 2. The zero-order valence-corrected chi connectivity index (χ0v) is 20.1. The van der Waals surface area contributed by atoms with Crippen LogP contribution in [-0.2, 0) is 11.2 Å². The lowest BCUT2D eigenvalue weighted by molar-refractivity contribution is -0.123. The highest BCUT2D eigenvalue weighted by Gasteiger charge is 2.35. The molecule has 1 spiro atoms. The van der Waals surface area contributed by atoms with E-state index in [1.807, 2.05) is 67.3 Å². The summed E-state index contributed by atoms with van der Waals surface area (Å²) >= 11 is 0. The van der Waals surface area contributed by atoms with Crippen molar-refractivity contribution >= 4 is 11.8 Å². The number of carbonyl (C=O) groups is 2. The Morgan fingerprint density at radius 1 is 1.06 bits per heavy atom. The van der Waals surface area contributed by atoms with Crippen LogP contribution in [0.4, 0.5) is 0 Å². The maximum atomic E-state index is 13.1. The third-order valence-corrected chi connectivity index (χ3v) is 6.63. The average Bonchev–Trinajstić information content (AvgIpc) is 2.84. The van der Waals surface area contributed by atoms with Crippen molar-refractivity contribution in [1.29, 1.82) is 0 Å². The fourth-order valence-corrected chi connectivity index (χ4v) is 4.61. The summed E-state index contributed by atoms with van der Waals surface area (Å²) in [5.74, 6) is 1.46. The molecule has 4 rings (SSSR count). The predicted octanol–water partition coefficient (Wildman–Crippen LogP) is 4.39. The van der Waals surface area contributed by atoms with E-state index in [4.69, 9.17) is 9.47 Å². The second-order valence-corrected chi connectivity index (χ2v) is 9.54. The van der Waals surface area contributed by atoms with Gasteiger partial charge in [0.15, 0.2) is 6.61 Å². The molecule has 1 saturated heterocycles. The lowest BCUT2D eigenvalue weighted by Gasteiger charge is -2.41. The van der Waals surface area contributed by atoms with Crippen molar-refractivity contribution in [3.05, 3.63) is 71.8 Å². The number of carbonyl (C=O) groups excluding carboxylic acids is 2. The Labute approximate surface area is 201 Å². The van der Waals surface area contributed by atoms with Crippen LogP contribution in [0.15, 0.2) is 60.7 Å². The number of fused-ring (bicyclic) bond motifs is 1. The van der Waals surface area contributed by atoms with Gasteiger partial charge in [-0.2, -0.15) is 0 Å². The second kappa shape index (κ2) is 10.8. The second-order valence-electron chi connectivity index (χ2n) is 9.54. The molecule has 2 aromatic rings. The number of nitrogens with zero attached hydrogens (tertiary/aromatic N) is 1. The van der Waals surface area contributed by atoms with Gasteiger partial charge in [-0.1, -0.05) is 30.4 Å². The summed E-state index contributed by atoms with van der Waals surface area (Å²) in [5, 5.41) is 3.07. The van der Waals surface area contributed by atoms with E-state index in [2.05, 4.69) is 17.5 Å². The third kappa shape index (κ3) is 5.99. The molecule has 180 valence electrons. The van der Waals surface area contributed by atoms with Crippen LogP contribution in [0.25, 0.3) is 0 Å². The molecule has 0 saturated carbocycles. The maximum absolute atomic E-state index is 13.1. The van der Waals surface area contributed by atoms with E-state index in [-0.39, 0.29) is 29.9 Å². The van der Waals surface area contributed by atoms with E-state index in [9.17, 15) is 9.59 Å². The van der Waals surface area contributed by atoms with Crippen molar-refractivity contribution in [2.75, 3.05) is 26.2 Å². The van der Waals surface area contributed by atoms with Gasteiger partial charge in [0.25, 0.3) is 11.8 Å². The Morgan fingerprint density at radius 2 is 1.79 bits per heavy atom. The SMILES string of the molecule is CC(C)Oc1ccc(C(=O)N2CCC3(C/C=C/Cc4ccccc4OCC(=O)NC3)CC2)cc1. The quantitative estimate of drug-likeness (QED) is 0.687. The zero-order chi connectivity index (χ0) is 24.0. The number of allylic oxidation sites excluding steroid dienone is 2. The van der Waals surface area contributed by atoms with Crippen LogP contribution in [-0.4, -0.2) is 49.1 Å². The third-order valence-electron chi connectivity index (χ3n) is 6.63. The molecule has 0 radical (unpaired) electrons. The van der Waals surface area contributed by atoms with Crippen molar-refractivity contribution in [2.24, 2.45) is 5.41 Å². The molecule has 1 fully saturated rings. The molecular weight excluding hydrogens is 428 g/mol. The molecule has 0 aliphatic carbocycles. The highest BCUT2D eigenvalue weighted by Crippen LogP contribution is 2.36. The Bertz CT molecular complexity index is 1020. The van der Waals surface area contributed by atoms with Gasteiger partial charge in [0, 0.05) is 25.2 Å². The van der Waals surface area contributed by atoms with Crippen molar-refractivity contribution < 1.29 is 19.1 Å². The van der Waals surface area contributed by atoms with Crippen LogP contribution in [0.2, 0.25) is 0 Å². The molecule has 2 aliphatic rings. The molecule has 0 aromatic heterocycles. The van der Waals surface area contributed by atoms with Gasteiger partial charge in [0.05, 0.1) is 6.10 Å². The summed E-state index contributed by atoms with van der Waals surface area (Å²) in [4.78, 5) is 27.4. The van der Waals surface area contributed by atoms with Crippen LogP contribution < -0.4 is 14.8 Å². The average molecular weight is 463 g/mol. The minimum absolute atomic E-state index is 0.0118. The van der Waals surface area contributed by atoms with Crippen molar-refractivity contribution in [3.63, 3.8) is 0 Å². The van der Waals surface area contributed by atoms with E-state index in [0.29, 0.717) is 25.2 Å². The van der Waals surface area contributed by atoms with Gasteiger partial charge in [0.1, 0.15) is 11.5 Å². The molecule has 0 bridgehead atoms. The van der Waals surface area contributed by atoms with E-state index in [0.717, 1.165) is 42.7 Å². The number of nitrogens with one attached hydrogen (secondary N) is 1. The van der Waals surface area contributed by atoms with E-state index in [1.165, 1.54) is 0 Å². The number of benzene rings is 2. The highest BCUT2D eigenvalue weighted by atomic mass is 16.5. The normalized spacial score (nSPS) is 19.3. The van der Waals surface area contributed by atoms with Crippen molar-refractivity contribution in [2.45, 2.75) is 45.6 Å². The van der Waals surface area contributed by atoms with Gasteiger partial charge in [-0.25, -0.2) is 0 Å². The fraction of sp³-hybridized carbons (Fsp3) is 0.429. The molecule has 0 unspecified atom stereocenters. The van der Waals surface area contributed by atoms with Crippen LogP contribution in [0, 0.1) is 5.41 Å². The number of hydrogen-bond donors (Lipinski definition) is 1. The van der Waals surface area contributed by atoms with E-state index < -0.39 is 0 Å². The van der Waals surface area contributed by atoms with Gasteiger partial charge in [-0.3, -0.25) is 9.59 Å². The Balaban J connectivity index is 1.40. The van der Waals surface area contributed by atoms with Gasteiger partial charge in [0.2, 0.25) is 0 Å². The minimum Gasteiger partial charge on any atom is -0.491 e. The number of hydrogen-bond acceptors (Lipinski definition) is 4.